The van der Waals surface area contributed by atoms with Crippen LogP contribution in [0.25, 0.3) is 22.3 Å². The van der Waals surface area contributed by atoms with Gasteiger partial charge in [0.1, 0.15) is 11.4 Å². The van der Waals surface area contributed by atoms with Crippen molar-refractivity contribution >= 4 is 92.4 Å². The van der Waals surface area contributed by atoms with Crippen LogP contribution in [0.3, 0.4) is 0 Å². The summed E-state index contributed by atoms with van der Waals surface area (Å²) in [4.78, 5) is 7.58. The molecule has 4 aliphatic rings. The van der Waals surface area contributed by atoms with Gasteiger partial charge >= 0.3 is 6.98 Å². The molecule has 10 N–H and O–H groups in total. The molecule has 10 aromatic carbocycles. The van der Waals surface area contributed by atoms with E-state index in [1.165, 1.54) is 15.2 Å². The van der Waals surface area contributed by atoms with Gasteiger partial charge in [-0.3, -0.25) is 0 Å². The van der Waals surface area contributed by atoms with Crippen molar-refractivity contribution in [3.8, 4) is 79.7 Å². The Hall–Kier alpha value is -10.5. The number of phenolic OH excluding ortho intramolecular Hbond substituents is 10. The largest absolute Gasteiger partial charge is 0.503 e. The number of aromatic hydroxyl groups is 10. The van der Waals surface area contributed by atoms with Gasteiger partial charge < -0.3 is 70.5 Å². The summed E-state index contributed by atoms with van der Waals surface area (Å²) >= 11 is 0. The first-order chi connectivity index (χ1) is 44.6. The van der Waals surface area contributed by atoms with E-state index in [1.54, 1.807) is 0 Å². The molecule has 10 aromatic rings. The van der Waals surface area contributed by atoms with E-state index in [2.05, 4.69) is 209 Å². The molecule has 95 heavy (non-hydrogen) atoms. The number of phenols is 10. The van der Waals surface area contributed by atoms with Crippen LogP contribution in [-0.2, 0) is 21.7 Å². The maximum atomic E-state index is 12.5. The maximum absolute atomic E-state index is 12.5. The van der Waals surface area contributed by atoms with Crippen LogP contribution in [0.4, 0.5) is 56.9 Å². The lowest BCUT2D eigenvalue weighted by Gasteiger charge is -2.46. The van der Waals surface area contributed by atoms with E-state index in [0.29, 0.717) is 27.7 Å². The van der Waals surface area contributed by atoms with Crippen molar-refractivity contribution in [2.45, 2.75) is 126 Å². The second-order valence-electron chi connectivity index (χ2n) is 30.0. The number of aryl methyl sites for hydroxylation is 4. The Kier molecular flexibility index (Phi) is 13.6. The van der Waals surface area contributed by atoms with E-state index in [-0.39, 0.29) is 22.2 Å². The molecule has 14 rings (SSSR count). The predicted molar refractivity (Wildman–Crippen MR) is 384 cm³/mol. The molecule has 0 saturated heterocycles. The summed E-state index contributed by atoms with van der Waals surface area (Å²) in [6, 6.07) is 49.1. The third-order valence-corrected chi connectivity index (χ3v) is 20.5. The molecule has 0 unspecified atom stereocenters. The van der Waals surface area contributed by atoms with Gasteiger partial charge in [-0.1, -0.05) is 172 Å². The zero-order valence-corrected chi connectivity index (χ0v) is 56.2. The number of rotatable bonds is 6. The first-order valence-electron chi connectivity index (χ1n) is 32.2. The Morgan fingerprint density at radius 2 is 0.789 bits per heavy atom. The SMILES string of the molecule is Cc1cc(C(C)(C)C)cc(C)c1B1N(c2c(O)c(O)c(O)c(O)c2O)c2cc3c(cc2N1c1c(O)c(O)c(O)c(O)c1O)N(c1ccc2c(c1)C(C)(C)c1ccccc1-2)c1cc(C(C)(C)C)cc2c1B3c1ccc(C(C)(C)C)cc1N2c1cc(C)c(-c2ccccc2)c(C)c1. The van der Waals surface area contributed by atoms with Gasteiger partial charge in [-0.2, -0.15) is 0 Å². The summed E-state index contributed by atoms with van der Waals surface area (Å²) in [6.45, 7) is 29.9. The molecule has 0 saturated carbocycles. The fourth-order valence-corrected chi connectivity index (χ4v) is 15.6. The standard InChI is InChI=1S/C79H78B2N4O10/c1-39-31-48(32-40(2)61(39)43-21-17-16-18-22-43)83-55-33-44(76(5,6)7)25-28-53(55)80-54-37-57-58(38-56(54)82(59-34-46(78(11,12)13)35-60(83)63(59)80)47-26-27-50-49-23-19-20-24-51(49)79(14,15)52(50)36-47)85(65-68(88)72(92)75(95)73(93)69(65)89)81(62-41(3)29-45(30-42(62)4)77(8,9)10)84(57)64-66(86)70(90)74(94)71(91)67(64)87/h16-38,86-95H,1-15H3. The number of nitrogens with zero attached hydrogens (tertiary/aromatic N) is 4. The summed E-state index contributed by atoms with van der Waals surface area (Å²) in [5, 5.41) is 119. The zero-order chi connectivity index (χ0) is 68.1. The molecule has 3 heterocycles. The molecular weight excluding hydrogens is 1190 g/mol. The Morgan fingerprint density at radius 1 is 0.347 bits per heavy atom. The van der Waals surface area contributed by atoms with Crippen LogP contribution >= 0.6 is 0 Å². The van der Waals surface area contributed by atoms with Gasteiger partial charge in [0.25, 0.3) is 6.71 Å². The second kappa shape index (κ2) is 20.8. The highest BCUT2D eigenvalue weighted by Gasteiger charge is 2.54. The van der Waals surface area contributed by atoms with Gasteiger partial charge in [0.15, 0.2) is 23.0 Å². The van der Waals surface area contributed by atoms with Gasteiger partial charge in [-0.15, -0.1) is 0 Å². The zero-order valence-electron chi connectivity index (χ0n) is 56.2. The predicted octanol–water partition coefficient (Wildman–Crippen LogP) is 15.6. The molecule has 0 radical (unpaired) electrons. The van der Waals surface area contributed by atoms with Gasteiger partial charge in [-0.05, 0) is 182 Å². The molecule has 0 bridgehead atoms. The highest BCUT2D eigenvalue weighted by atomic mass is 16.4. The topological polar surface area (TPSA) is 215 Å². The number of fused-ring (bicyclic) bond motifs is 8. The summed E-state index contributed by atoms with van der Waals surface area (Å²) in [6.07, 6.45) is 0. The van der Waals surface area contributed by atoms with Crippen molar-refractivity contribution in [2.75, 3.05) is 19.4 Å². The molecule has 3 aliphatic heterocycles. The molecule has 0 spiro atoms. The average molecular weight is 1270 g/mol. The van der Waals surface area contributed by atoms with E-state index in [4.69, 9.17) is 0 Å². The summed E-state index contributed by atoms with van der Waals surface area (Å²) in [5.74, 6) is -11.2. The fourth-order valence-electron chi connectivity index (χ4n) is 15.6. The molecule has 0 fully saturated rings. The van der Waals surface area contributed by atoms with Crippen LogP contribution in [0.1, 0.15) is 126 Å². The second-order valence-corrected chi connectivity index (χ2v) is 30.0. The smallest absolute Gasteiger partial charge is 0.421 e. The lowest BCUT2D eigenvalue weighted by atomic mass is 9.33. The van der Waals surface area contributed by atoms with E-state index >= 15 is 0 Å². The lowest BCUT2D eigenvalue weighted by molar-refractivity contribution is 0.329. The van der Waals surface area contributed by atoms with Crippen LogP contribution in [-0.4, -0.2) is 64.8 Å². The number of hydrogen-bond acceptors (Lipinski definition) is 14. The fraction of sp³-hybridized carbons (Fsp3) is 0.241. The summed E-state index contributed by atoms with van der Waals surface area (Å²) in [7, 11) is 0. The van der Waals surface area contributed by atoms with Crippen molar-refractivity contribution in [3.63, 3.8) is 0 Å². The van der Waals surface area contributed by atoms with E-state index in [1.807, 2.05) is 44.2 Å². The van der Waals surface area contributed by atoms with E-state index < -0.39 is 93.4 Å². The first-order valence-corrected chi connectivity index (χ1v) is 32.2. The van der Waals surface area contributed by atoms with Crippen LogP contribution in [0.2, 0.25) is 0 Å². The van der Waals surface area contributed by atoms with Crippen LogP contribution in [0.5, 0.6) is 57.5 Å². The lowest BCUT2D eigenvalue weighted by Crippen LogP contribution is -2.61. The highest BCUT2D eigenvalue weighted by Crippen LogP contribution is 2.64. The minimum atomic E-state index is -1.50. The normalized spacial score (nSPS) is 14.4. The third kappa shape index (κ3) is 8.99. The number of benzene rings is 10. The van der Waals surface area contributed by atoms with Crippen LogP contribution in [0, 0.1) is 27.7 Å². The van der Waals surface area contributed by atoms with Crippen molar-refractivity contribution in [1.29, 1.82) is 0 Å². The Bertz CT molecular complexity index is 4880. The molecule has 14 nitrogen and oxygen atoms in total. The van der Waals surface area contributed by atoms with E-state index in [9.17, 15) is 51.1 Å². The summed E-state index contributed by atoms with van der Waals surface area (Å²) in [5.41, 5.74) is 18.9. The molecule has 0 amide bonds. The van der Waals surface area contributed by atoms with Gasteiger partial charge in [-0.25, -0.2) is 0 Å². The molecule has 480 valence electrons. The first kappa shape index (κ1) is 62.0. The molecule has 0 aromatic heterocycles. The van der Waals surface area contributed by atoms with Gasteiger partial charge in [0, 0.05) is 39.5 Å². The van der Waals surface area contributed by atoms with Crippen molar-refractivity contribution in [1.82, 2.24) is 0 Å². The molecular formula is C79H78B2N4O10. The van der Waals surface area contributed by atoms with Crippen molar-refractivity contribution in [3.05, 3.63) is 190 Å². The van der Waals surface area contributed by atoms with E-state index in [0.717, 1.165) is 95.0 Å². The minimum absolute atomic E-state index is 0.146. The number of anilines is 10. The minimum Gasteiger partial charge on any atom is -0.503 e. The van der Waals surface area contributed by atoms with Crippen LogP contribution < -0.4 is 41.3 Å². The summed E-state index contributed by atoms with van der Waals surface area (Å²) < 4.78 is 0. The molecule has 1 aliphatic carbocycles. The van der Waals surface area contributed by atoms with Gasteiger partial charge in [0.2, 0.25) is 34.5 Å². The third-order valence-electron chi connectivity index (χ3n) is 20.5. The molecule has 0 atom stereocenters. The maximum Gasteiger partial charge on any atom is 0.421 e. The quantitative estimate of drug-likeness (QED) is 0.0426. The average Bonchev–Trinajstić information content (AvgIpc) is 1.67. The number of hydrogen-bond donors (Lipinski definition) is 10. The Morgan fingerprint density at radius 3 is 1.32 bits per heavy atom. The van der Waals surface area contributed by atoms with Crippen LogP contribution in [0.15, 0.2) is 140 Å². The van der Waals surface area contributed by atoms with Crippen molar-refractivity contribution < 1.29 is 51.1 Å². The monoisotopic (exact) mass is 1260 g/mol. The Balaban J connectivity index is 1.17. The van der Waals surface area contributed by atoms with Gasteiger partial charge in [0.05, 0.1) is 11.4 Å². The Labute approximate surface area is 555 Å². The highest BCUT2D eigenvalue weighted by molar-refractivity contribution is 7.00. The molecule has 16 heteroatoms. The van der Waals surface area contributed by atoms with Crippen molar-refractivity contribution in [2.24, 2.45) is 0 Å².